The molecule has 0 spiro atoms. The van der Waals surface area contributed by atoms with Crippen molar-refractivity contribution >= 4 is 28.5 Å². The molecule has 2 heterocycles. The summed E-state index contributed by atoms with van der Waals surface area (Å²) in [5, 5.41) is 0. The Bertz CT molecular complexity index is 768. The fourth-order valence-corrected chi connectivity index (χ4v) is 3.66. The number of nitrogens with zero attached hydrogens (tertiary/aromatic N) is 3. The van der Waals surface area contributed by atoms with Gasteiger partial charge >= 0.3 is 0 Å². The van der Waals surface area contributed by atoms with E-state index in [1.54, 1.807) is 6.92 Å². The molecule has 1 saturated heterocycles. The molecular formula is C17H21N3O2S. The molecule has 6 heteroatoms. The lowest BCUT2D eigenvalue weighted by atomic mass is 10.2. The molecule has 1 aromatic carbocycles. The number of rotatable bonds is 3. The fraction of sp³-hybridized carbons (Fsp3) is 0.412. The molecule has 0 bridgehead atoms. The van der Waals surface area contributed by atoms with Gasteiger partial charge in [0, 0.05) is 38.4 Å². The lowest BCUT2D eigenvalue weighted by Crippen LogP contribution is -2.36. The molecule has 122 valence electrons. The highest BCUT2D eigenvalue weighted by atomic mass is 32.1. The van der Waals surface area contributed by atoms with Gasteiger partial charge in [0.2, 0.25) is 0 Å². The van der Waals surface area contributed by atoms with E-state index in [9.17, 15) is 4.79 Å². The summed E-state index contributed by atoms with van der Waals surface area (Å²) in [6.07, 6.45) is 0. The molecule has 1 aliphatic heterocycles. The van der Waals surface area contributed by atoms with Crippen molar-refractivity contribution < 1.29 is 9.53 Å². The van der Waals surface area contributed by atoms with E-state index in [0.717, 1.165) is 47.4 Å². The highest BCUT2D eigenvalue weighted by Gasteiger charge is 2.12. The minimum atomic E-state index is 0.0900. The largest absolute Gasteiger partial charge is 0.378 e. The number of thiazole rings is 1. The van der Waals surface area contributed by atoms with Crippen LogP contribution in [0.4, 0.5) is 11.4 Å². The molecule has 1 fully saturated rings. The summed E-state index contributed by atoms with van der Waals surface area (Å²) in [7, 11) is 1.94. The van der Waals surface area contributed by atoms with Crippen molar-refractivity contribution in [2.75, 3.05) is 31.2 Å². The van der Waals surface area contributed by atoms with Gasteiger partial charge in [0.1, 0.15) is 0 Å². The van der Waals surface area contributed by atoms with E-state index in [1.165, 1.54) is 17.0 Å². The average molecular weight is 331 g/mol. The first-order valence-corrected chi connectivity index (χ1v) is 8.53. The standard InChI is InChI=1S/C17H21N3O2S/c1-12-16(13(2)21)23-17(19(12)3)18-14-4-6-15(7-5-14)20-8-10-22-11-9-20/h4-7H,8-11H2,1-3H3. The van der Waals surface area contributed by atoms with Gasteiger partial charge in [-0.05, 0) is 31.2 Å². The molecule has 0 aliphatic carbocycles. The zero-order valence-corrected chi connectivity index (χ0v) is 14.5. The Kier molecular flexibility index (Phi) is 4.63. The Balaban J connectivity index is 1.88. The third kappa shape index (κ3) is 3.38. The van der Waals surface area contributed by atoms with Crippen molar-refractivity contribution in [1.82, 2.24) is 4.57 Å². The number of aromatic nitrogens is 1. The van der Waals surface area contributed by atoms with Crippen molar-refractivity contribution in [2.24, 2.45) is 12.0 Å². The van der Waals surface area contributed by atoms with E-state index in [4.69, 9.17) is 4.74 Å². The van der Waals surface area contributed by atoms with Crippen LogP contribution in [-0.2, 0) is 11.8 Å². The van der Waals surface area contributed by atoms with Crippen molar-refractivity contribution in [3.05, 3.63) is 39.6 Å². The topological polar surface area (TPSA) is 46.8 Å². The Morgan fingerprint density at radius 2 is 1.87 bits per heavy atom. The second-order valence-electron chi connectivity index (χ2n) is 5.64. The maximum atomic E-state index is 11.6. The second-order valence-corrected chi connectivity index (χ2v) is 6.62. The van der Waals surface area contributed by atoms with Crippen LogP contribution in [0.25, 0.3) is 0 Å². The molecular weight excluding hydrogens is 310 g/mol. The smallest absolute Gasteiger partial charge is 0.190 e. The van der Waals surface area contributed by atoms with Crippen LogP contribution in [0.3, 0.4) is 0 Å². The monoisotopic (exact) mass is 331 g/mol. The van der Waals surface area contributed by atoms with Crippen molar-refractivity contribution in [1.29, 1.82) is 0 Å². The minimum absolute atomic E-state index is 0.0900. The highest BCUT2D eigenvalue weighted by Crippen LogP contribution is 2.21. The molecule has 3 rings (SSSR count). The average Bonchev–Trinajstić information content (AvgIpc) is 2.85. The highest BCUT2D eigenvalue weighted by molar-refractivity contribution is 7.11. The summed E-state index contributed by atoms with van der Waals surface area (Å²) in [4.78, 5) is 20.3. The fourth-order valence-electron chi connectivity index (χ4n) is 2.62. The third-order valence-corrected chi connectivity index (χ3v) is 5.42. The molecule has 1 aromatic heterocycles. The van der Waals surface area contributed by atoms with E-state index in [1.807, 2.05) is 30.7 Å². The van der Waals surface area contributed by atoms with Crippen molar-refractivity contribution in [3.8, 4) is 0 Å². The van der Waals surface area contributed by atoms with E-state index >= 15 is 0 Å². The zero-order valence-electron chi connectivity index (χ0n) is 13.7. The molecule has 23 heavy (non-hydrogen) atoms. The maximum Gasteiger partial charge on any atom is 0.190 e. The van der Waals surface area contributed by atoms with Gasteiger partial charge in [-0.3, -0.25) is 4.79 Å². The van der Waals surface area contributed by atoms with Gasteiger partial charge in [-0.25, -0.2) is 4.99 Å². The summed E-state index contributed by atoms with van der Waals surface area (Å²) in [6.45, 7) is 6.97. The van der Waals surface area contributed by atoms with Crippen LogP contribution in [-0.4, -0.2) is 36.7 Å². The molecule has 0 saturated carbocycles. The Hall–Kier alpha value is -1.92. The Labute approximate surface area is 139 Å². The Morgan fingerprint density at radius 1 is 1.22 bits per heavy atom. The molecule has 5 nitrogen and oxygen atoms in total. The van der Waals surface area contributed by atoms with Crippen LogP contribution >= 0.6 is 11.3 Å². The predicted molar refractivity (Wildman–Crippen MR) is 92.7 cm³/mol. The number of ether oxygens (including phenoxy) is 1. The number of ketones is 1. The van der Waals surface area contributed by atoms with Crippen LogP contribution in [0.2, 0.25) is 0 Å². The second kappa shape index (κ2) is 6.68. The lowest BCUT2D eigenvalue weighted by molar-refractivity contribution is 0.102. The van der Waals surface area contributed by atoms with E-state index < -0.39 is 0 Å². The van der Waals surface area contributed by atoms with Crippen LogP contribution < -0.4 is 9.70 Å². The number of benzene rings is 1. The van der Waals surface area contributed by atoms with Crippen LogP contribution in [0, 0.1) is 6.92 Å². The maximum absolute atomic E-state index is 11.6. The van der Waals surface area contributed by atoms with Gasteiger partial charge in [0.25, 0.3) is 0 Å². The Morgan fingerprint density at radius 3 is 2.43 bits per heavy atom. The summed E-state index contributed by atoms with van der Waals surface area (Å²) in [6, 6.07) is 8.23. The summed E-state index contributed by atoms with van der Waals surface area (Å²) in [5.41, 5.74) is 3.06. The summed E-state index contributed by atoms with van der Waals surface area (Å²) >= 11 is 1.44. The van der Waals surface area contributed by atoms with Gasteiger partial charge in [0.05, 0.1) is 23.8 Å². The molecule has 0 amide bonds. The number of carbonyl (C=O) groups is 1. The quantitative estimate of drug-likeness (QED) is 0.813. The summed E-state index contributed by atoms with van der Waals surface area (Å²) < 4.78 is 7.35. The van der Waals surface area contributed by atoms with Crippen molar-refractivity contribution in [2.45, 2.75) is 13.8 Å². The van der Waals surface area contributed by atoms with Gasteiger partial charge in [-0.1, -0.05) is 11.3 Å². The molecule has 0 N–H and O–H groups in total. The molecule has 0 atom stereocenters. The first-order valence-electron chi connectivity index (χ1n) is 7.71. The van der Waals surface area contributed by atoms with Crippen molar-refractivity contribution in [3.63, 3.8) is 0 Å². The summed E-state index contributed by atoms with van der Waals surface area (Å²) in [5.74, 6) is 0.0900. The van der Waals surface area contributed by atoms with Crippen LogP contribution in [0.15, 0.2) is 29.3 Å². The molecule has 0 unspecified atom stereocenters. The van der Waals surface area contributed by atoms with Crippen LogP contribution in [0.5, 0.6) is 0 Å². The number of hydrogen-bond acceptors (Lipinski definition) is 5. The first kappa shape index (κ1) is 16.0. The van der Waals surface area contributed by atoms with Crippen LogP contribution in [0.1, 0.15) is 22.3 Å². The van der Waals surface area contributed by atoms with Gasteiger partial charge in [-0.2, -0.15) is 0 Å². The lowest BCUT2D eigenvalue weighted by Gasteiger charge is -2.28. The number of anilines is 1. The minimum Gasteiger partial charge on any atom is -0.378 e. The normalized spacial score (nSPS) is 16.0. The van der Waals surface area contributed by atoms with Gasteiger partial charge in [0.15, 0.2) is 10.6 Å². The van der Waals surface area contributed by atoms with E-state index in [2.05, 4.69) is 22.0 Å². The molecule has 0 radical (unpaired) electrons. The number of morpholine rings is 1. The number of carbonyl (C=O) groups excluding carboxylic acids is 1. The first-order chi connectivity index (χ1) is 11.1. The van der Waals surface area contributed by atoms with E-state index in [-0.39, 0.29) is 5.78 Å². The van der Waals surface area contributed by atoms with E-state index in [0.29, 0.717) is 0 Å². The zero-order chi connectivity index (χ0) is 16.4. The van der Waals surface area contributed by atoms with Gasteiger partial charge in [-0.15, -0.1) is 0 Å². The number of hydrogen-bond donors (Lipinski definition) is 0. The third-order valence-electron chi connectivity index (χ3n) is 4.08. The number of Topliss-reactive ketones (excluding diaryl/α,β-unsaturated/α-hetero) is 1. The molecule has 2 aromatic rings. The SMILES string of the molecule is CC(=O)c1sc(=Nc2ccc(N3CCOCC3)cc2)n(C)c1C. The predicted octanol–water partition coefficient (Wildman–Crippen LogP) is 2.67. The van der Waals surface area contributed by atoms with Gasteiger partial charge < -0.3 is 14.2 Å². The molecule has 1 aliphatic rings.